The molecular formula is C16H25ClN2O5S. The zero-order valence-corrected chi connectivity index (χ0v) is 16.0. The van der Waals surface area contributed by atoms with E-state index in [1.807, 2.05) is 0 Å². The van der Waals surface area contributed by atoms with Crippen LogP contribution in [0.25, 0.3) is 0 Å². The van der Waals surface area contributed by atoms with Gasteiger partial charge in [-0.25, -0.2) is 8.42 Å². The van der Waals surface area contributed by atoms with Crippen molar-refractivity contribution in [3.63, 3.8) is 0 Å². The van der Waals surface area contributed by atoms with Crippen LogP contribution in [0.2, 0.25) is 0 Å². The van der Waals surface area contributed by atoms with E-state index in [0.717, 1.165) is 25.9 Å². The predicted molar refractivity (Wildman–Crippen MR) is 97.5 cm³/mol. The number of carbonyl (C=O) groups is 1. The molecule has 0 saturated carbocycles. The van der Waals surface area contributed by atoms with Gasteiger partial charge in [0.2, 0.25) is 5.91 Å². The Morgan fingerprint density at radius 1 is 1.20 bits per heavy atom. The Balaban J connectivity index is 0.00000312. The van der Waals surface area contributed by atoms with Crippen molar-refractivity contribution in [3.8, 4) is 11.5 Å². The molecular weight excluding hydrogens is 368 g/mol. The van der Waals surface area contributed by atoms with E-state index in [9.17, 15) is 13.2 Å². The highest BCUT2D eigenvalue weighted by Gasteiger charge is 2.20. The minimum atomic E-state index is -3.56. The zero-order chi connectivity index (χ0) is 17.6. The van der Waals surface area contributed by atoms with E-state index in [1.165, 1.54) is 26.4 Å². The molecule has 0 radical (unpaired) electrons. The van der Waals surface area contributed by atoms with Crippen LogP contribution in [0.3, 0.4) is 0 Å². The highest BCUT2D eigenvalue weighted by Crippen LogP contribution is 2.29. The lowest BCUT2D eigenvalue weighted by Crippen LogP contribution is -2.43. The molecule has 9 heteroatoms. The largest absolute Gasteiger partial charge is 0.493 e. The summed E-state index contributed by atoms with van der Waals surface area (Å²) in [4.78, 5) is 12.1. The topological polar surface area (TPSA) is 93.7 Å². The molecule has 25 heavy (non-hydrogen) atoms. The van der Waals surface area contributed by atoms with Crippen molar-refractivity contribution < 1.29 is 22.7 Å². The summed E-state index contributed by atoms with van der Waals surface area (Å²) >= 11 is 0. The van der Waals surface area contributed by atoms with E-state index in [-0.39, 0.29) is 41.4 Å². The van der Waals surface area contributed by atoms with Gasteiger partial charge in [-0.3, -0.25) is 4.79 Å². The van der Waals surface area contributed by atoms with Crippen LogP contribution in [0.15, 0.2) is 23.1 Å². The van der Waals surface area contributed by atoms with Crippen LogP contribution in [0.1, 0.15) is 19.3 Å². The number of methoxy groups -OCH3 is 2. The molecule has 0 atom stereocenters. The molecule has 1 amide bonds. The number of amides is 1. The van der Waals surface area contributed by atoms with Gasteiger partial charge in [-0.1, -0.05) is 0 Å². The minimum Gasteiger partial charge on any atom is -0.493 e. The molecule has 1 heterocycles. The summed E-state index contributed by atoms with van der Waals surface area (Å²) in [5.41, 5.74) is 0. The lowest BCUT2D eigenvalue weighted by atomic mass is 10.1. The summed E-state index contributed by atoms with van der Waals surface area (Å²) < 4.78 is 35.0. The van der Waals surface area contributed by atoms with Gasteiger partial charge in [0.05, 0.1) is 24.9 Å². The zero-order valence-electron chi connectivity index (χ0n) is 14.4. The smallest absolute Gasteiger partial charge is 0.221 e. The van der Waals surface area contributed by atoms with Crippen molar-refractivity contribution in [2.75, 3.05) is 33.1 Å². The number of ether oxygens (including phenoxy) is 2. The summed E-state index contributed by atoms with van der Waals surface area (Å²) in [5, 5.41) is 6.11. The van der Waals surface area contributed by atoms with Crippen LogP contribution in [0, 0.1) is 0 Å². The Hall–Kier alpha value is -1.51. The molecule has 1 fully saturated rings. The molecule has 2 rings (SSSR count). The van der Waals surface area contributed by atoms with Crippen molar-refractivity contribution in [1.29, 1.82) is 0 Å². The number of hydrogen-bond acceptors (Lipinski definition) is 6. The lowest BCUT2D eigenvalue weighted by molar-refractivity contribution is -0.121. The quantitative estimate of drug-likeness (QED) is 0.723. The van der Waals surface area contributed by atoms with Gasteiger partial charge in [0.25, 0.3) is 0 Å². The summed E-state index contributed by atoms with van der Waals surface area (Å²) in [6.07, 6.45) is 1.68. The average molecular weight is 393 g/mol. The van der Waals surface area contributed by atoms with Crippen molar-refractivity contribution in [2.24, 2.45) is 0 Å². The van der Waals surface area contributed by atoms with E-state index in [1.54, 1.807) is 6.07 Å². The Morgan fingerprint density at radius 2 is 1.84 bits per heavy atom. The number of piperidine rings is 1. The molecule has 7 nitrogen and oxygen atoms in total. The summed E-state index contributed by atoms with van der Waals surface area (Å²) in [6, 6.07) is 4.55. The molecule has 1 aliphatic heterocycles. The van der Waals surface area contributed by atoms with Gasteiger partial charge in [0, 0.05) is 18.5 Å². The maximum absolute atomic E-state index is 12.4. The van der Waals surface area contributed by atoms with E-state index in [2.05, 4.69) is 10.6 Å². The SMILES string of the molecule is COc1ccc(S(=O)(=O)CCC(=O)NC2CCNCC2)cc1OC.Cl. The summed E-state index contributed by atoms with van der Waals surface area (Å²) in [5.74, 6) is 0.336. The maximum atomic E-state index is 12.4. The Kier molecular flexibility index (Phi) is 8.47. The van der Waals surface area contributed by atoms with Gasteiger partial charge in [-0.05, 0) is 38.1 Å². The molecule has 1 aromatic carbocycles. The van der Waals surface area contributed by atoms with Crippen LogP contribution in [0.5, 0.6) is 11.5 Å². The molecule has 0 spiro atoms. The molecule has 1 aromatic rings. The van der Waals surface area contributed by atoms with E-state index in [0.29, 0.717) is 11.5 Å². The average Bonchev–Trinajstić information content (AvgIpc) is 2.60. The fraction of sp³-hybridized carbons (Fsp3) is 0.562. The van der Waals surface area contributed by atoms with Crippen LogP contribution in [-0.4, -0.2) is 53.4 Å². The fourth-order valence-corrected chi connectivity index (χ4v) is 3.87. The highest BCUT2D eigenvalue weighted by atomic mass is 35.5. The molecule has 1 saturated heterocycles. The standard InChI is InChI=1S/C16H24N2O5S.ClH/c1-22-14-4-3-13(11-15(14)23-2)24(20,21)10-7-16(19)18-12-5-8-17-9-6-12;/h3-4,11-12,17H,5-10H2,1-2H3,(H,18,19);1H. The first-order chi connectivity index (χ1) is 11.5. The van der Waals surface area contributed by atoms with Gasteiger partial charge in [-0.15, -0.1) is 12.4 Å². The first-order valence-corrected chi connectivity index (χ1v) is 9.56. The minimum absolute atomic E-state index is 0. The first kappa shape index (κ1) is 21.5. The van der Waals surface area contributed by atoms with Crippen molar-refractivity contribution in [3.05, 3.63) is 18.2 Å². The van der Waals surface area contributed by atoms with E-state index < -0.39 is 9.84 Å². The fourth-order valence-electron chi connectivity index (χ4n) is 2.62. The predicted octanol–water partition coefficient (Wildman–Crippen LogP) is 1.16. The molecule has 2 N–H and O–H groups in total. The Bertz CT molecular complexity index is 675. The van der Waals surface area contributed by atoms with Gasteiger partial charge in [0.15, 0.2) is 21.3 Å². The van der Waals surface area contributed by atoms with Crippen molar-refractivity contribution >= 4 is 28.2 Å². The number of halogens is 1. The van der Waals surface area contributed by atoms with Gasteiger partial charge in [0.1, 0.15) is 0 Å². The number of sulfone groups is 1. The van der Waals surface area contributed by atoms with Crippen molar-refractivity contribution in [1.82, 2.24) is 10.6 Å². The van der Waals surface area contributed by atoms with Gasteiger partial charge in [-0.2, -0.15) is 0 Å². The molecule has 0 unspecified atom stereocenters. The number of hydrogen-bond donors (Lipinski definition) is 2. The monoisotopic (exact) mass is 392 g/mol. The second kappa shape index (κ2) is 9.84. The van der Waals surface area contributed by atoms with Crippen LogP contribution in [0.4, 0.5) is 0 Å². The number of rotatable bonds is 7. The first-order valence-electron chi connectivity index (χ1n) is 7.91. The molecule has 0 bridgehead atoms. The molecule has 0 aliphatic carbocycles. The summed E-state index contributed by atoms with van der Waals surface area (Å²) in [7, 11) is -0.634. The Morgan fingerprint density at radius 3 is 2.44 bits per heavy atom. The normalized spacial score (nSPS) is 15.1. The maximum Gasteiger partial charge on any atom is 0.221 e. The van der Waals surface area contributed by atoms with Crippen molar-refractivity contribution in [2.45, 2.75) is 30.2 Å². The van der Waals surface area contributed by atoms with E-state index in [4.69, 9.17) is 9.47 Å². The molecule has 0 aromatic heterocycles. The Labute approximate surface area is 154 Å². The second-order valence-corrected chi connectivity index (χ2v) is 7.79. The van der Waals surface area contributed by atoms with Gasteiger partial charge >= 0.3 is 0 Å². The second-order valence-electron chi connectivity index (χ2n) is 5.68. The number of carbonyl (C=O) groups excluding carboxylic acids is 1. The number of benzene rings is 1. The van der Waals surface area contributed by atoms with Gasteiger partial charge < -0.3 is 20.1 Å². The van der Waals surface area contributed by atoms with Crippen LogP contribution in [-0.2, 0) is 14.6 Å². The lowest BCUT2D eigenvalue weighted by Gasteiger charge is -2.23. The van der Waals surface area contributed by atoms with Crippen LogP contribution < -0.4 is 20.1 Å². The summed E-state index contributed by atoms with van der Waals surface area (Å²) in [6.45, 7) is 1.74. The van der Waals surface area contributed by atoms with Crippen LogP contribution >= 0.6 is 12.4 Å². The number of nitrogens with one attached hydrogen (secondary N) is 2. The third kappa shape index (κ3) is 6.05. The molecule has 142 valence electrons. The third-order valence-electron chi connectivity index (χ3n) is 4.02. The van der Waals surface area contributed by atoms with E-state index >= 15 is 0 Å². The molecule has 1 aliphatic rings. The highest BCUT2D eigenvalue weighted by molar-refractivity contribution is 7.91. The third-order valence-corrected chi connectivity index (χ3v) is 5.73.